The first kappa shape index (κ1) is 14.4. The molecule has 0 aliphatic carbocycles. The van der Waals surface area contributed by atoms with Crippen LogP contribution in [0.1, 0.15) is 5.69 Å². The lowest BCUT2D eigenvalue weighted by Gasteiger charge is -2.11. The monoisotopic (exact) mass is 409 g/mol. The van der Waals surface area contributed by atoms with Crippen LogP contribution in [0.5, 0.6) is 0 Å². The fourth-order valence-electron chi connectivity index (χ4n) is 2.08. The molecule has 0 saturated heterocycles. The molecule has 0 bridgehead atoms. The van der Waals surface area contributed by atoms with Crippen LogP contribution in [0.2, 0.25) is 5.02 Å². The summed E-state index contributed by atoms with van der Waals surface area (Å²) >= 11 is 8.26. The second kappa shape index (κ2) is 6.07. The lowest BCUT2D eigenvalue weighted by molar-refractivity contribution is 1.06. The first-order chi connectivity index (χ1) is 10.1. The van der Waals surface area contributed by atoms with Gasteiger partial charge in [0.25, 0.3) is 0 Å². The number of hydrogen-bond donors (Lipinski definition) is 1. The Morgan fingerprint density at radius 1 is 1.14 bits per heavy atom. The Labute approximate surface area is 142 Å². The Bertz CT molecular complexity index is 768. The number of hydrogen-bond acceptors (Lipinski definition) is 2. The lowest BCUT2D eigenvalue weighted by Crippen LogP contribution is -2.02. The molecule has 0 radical (unpaired) electrons. The standard InChI is InChI=1S/C16H13ClIN3/c1-11-10-21(13-5-3-2-4-6-13)16(19-11)20-15-8-7-12(17)9-14(15)18/h2-10H,1H3,(H,19,20). The summed E-state index contributed by atoms with van der Waals surface area (Å²) in [5, 5.41) is 4.10. The SMILES string of the molecule is Cc1cn(-c2ccccc2)c(Nc2ccc(Cl)cc2I)n1. The highest BCUT2D eigenvalue weighted by Gasteiger charge is 2.09. The van der Waals surface area contributed by atoms with E-state index in [2.05, 4.69) is 45.0 Å². The van der Waals surface area contributed by atoms with Gasteiger partial charge in [-0.15, -0.1) is 0 Å². The van der Waals surface area contributed by atoms with E-state index in [4.69, 9.17) is 11.6 Å². The summed E-state index contributed by atoms with van der Waals surface area (Å²) in [6.45, 7) is 1.98. The van der Waals surface area contributed by atoms with Gasteiger partial charge in [0.1, 0.15) is 0 Å². The zero-order valence-corrected chi connectivity index (χ0v) is 14.3. The van der Waals surface area contributed by atoms with E-state index in [-0.39, 0.29) is 0 Å². The van der Waals surface area contributed by atoms with E-state index < -0.39 is 0 Å². The zero-order valence-electron chi connectivity index (χ0n) is 11.3. The molecule has 1 N–H and O–H groups in total. The average molecular weight is 410 g/mol. The van der Waals surface area contributed by atoms with Crippen LogP contribution in [0.3, 0.4) is 0 Å². The molecule has 0 fully saturated rings. The van der Waals surface area contributed by atoms with Crippen LogP contribution in [0, 0.1) is 10.5 Å². The summed E-state index contributed by atoms with van der Waals surface area (Å²) in [4.78, 5) is 4.56. The molecule has 0 unspecified atom stereocenters. The van der Waals surface area contributed by atoms with E-state index in [0.29, 0.717) is 0 Å². The van der Waals surface area contributed by atoms with Gasteiger partial charge in [-0.05, 0) is 59.8 Å². The van der Waals surface area contributed by atoms with E-state index in [0.717, 1.165) is 31.6 Å². The normalized spacial score (nSPS) is 10.6. The van der Waals surface area contributed by atoms with Gasteiger partial charge in [-0.1, -0.05) is 29.8 Å². The summed E-state index contributed by atoms with van der Waals surface area (Å²) in [5.74, 6) is 0.791. The molecule has 3 nitrogen and oxygen atoms in total. The molecule has 3 rings (SSSR count). The third-order valence-electron chi connectivity index (χ3n) is 3.04. The zero-order chi connectivity index (χ0) is 14.8. The minimum Gasteiger partial charge on any atom is -0.324 e. The first-order valence-electron chi connectivity index (χ1n) is 6.47. The molecule has 106 valence electrons. The highest BCUT2D eigenvalue weighted by Crippen LogP contribution is 2.26. The number of para-hydroxylation sites is 1. The summed E-state index contributed by atoms with van der Waals surface area (Å²) in [7, 11) is 0. The topological polar surface area (TPSA) is 29.9 Å². The molecule has 0 aliphatic heterocycles. The largest absolute Gasteiger partial charge is 0.324 e. The van der Waals surface area contributed by atoms with Crippen molar-refractivity contribution in [1.29, 1.82) is 0 Å². The van der Waals surface area contributed by atoms with Crippen LogP contribution in [0.15, 0.2) is 54.7 Å². The van der Waals surface area contributed by atoms with E-state index in [1.165, 1.54) is 0 Å². The second-order valence-corrected chi connectivity index (χ2v) is 6.26. The maximum Gasteiger partial charge on any atom is 0.212 e. The number of aryl methyl sites for hydroxylation is 1. The minimum absolute atomic E-state index is 0.729. The fraction of sp³-hybridized carbons (Fsp3) is 0.0625. The van der Waals surface area contributed by atoms with Crippen LogP contribution in [0.25, 0.3) is 5.69 Å². The smallest absolute Gasteiger partial charge is 0.212 e. The molecule has 5 heteroatoms. The van der Waals surface area contributed by atoms with Gasteiger partial charge in [0, 0.05) is 20.5 Å². The van der Waals surface area contributed by atoms with Gasteiger partial charge in [0.2, 0.25) is 5.95 Å². The average Bonchev–Trinajstić information content (AvgIpc) is 2.84. The maximum atomic E-state index is 6.00. The van der Waals surface area contributed by atoms with Gasteiger partial charge < -0.3 is 5.32 Å². The van der Waals surface area contributed by atoms with Crippen molar-refractivity contribution < 1.29 is 0 Å². The lowest BCUT2D eigenvalue weighted by atomic mass is 10.3. The fourth-order valence-corrected chi connectivity index (χ4v) is 3.09. The van der Waals surface area contributed by atoms with Crippen molar-refractivity contribution >= 4 is 45.8 Å². The summed E-state index contributed by atoms with van der Waals surface area (Å²) in [6, 6.07) is 15.9. The minimum atomic E-state index is 0.729. The molecule has 0 saturated carbocycles. The number of imidazole rings is 1. The first-order valence-corrected chi connectivity index (χ1v) is 7.92. The second-order valence-electron chi connectivity index (χ2n) is 4.66. The highest BCUT2D eigenvalue weighted by molar-refractivity contribution is 14.1. The van der Waals surface area contributed by atoms with E-state index >= 15 is 0 Å². The van der Waals surface area contributed by atoms with Gasteiger partial charge in [-0.2, -0.15) is 0 Å². The van der Waals surface area contributed by atoms with Crippen LogP contribution in [-0.2, 0) is 0 Å². The van der Waals surface area contributed by atoms with Crippen molar-refractivity contribution in [3.05, 3.63) is 69.0 Å². The third kappa shape index (κ3) is 3.22. The molecular formula is C16H13ClIN3. The van der Waals surface area contributed by atoms with Crippen molar-refractivity contribution in [2.75, 3.05) is 5.32 Å². The molecule has 2 aromatic carbocycles. The number of aromatic nitrogens is 2. The van der Waals surface area contributed by atoms with Crippen LogP contribution in [-0.4, -0.2) is 9.55 Å². The van der Waals surface area contributed by atoms with Crippen LogP contribution in [0.4, 0.5) is 11.6 Å². The number of benzene rings is 2. The highest BCUT2D eigenvalue weighted by atomic mass is 127. The molecule has 0 aliphatic rings. The molecule has 1 aromatic heterocycles. The molecule has 21 heavy (non-hydrogen) atoms. The van der Waals surface area contributed by atoms with E-state index in [9.17, 15) is 0 Å². The van der Waals surface area contributed by atoms with E-state index in [1.807, 2.05) is 54.1 Å². The Kier molecular flexibility index (Phi) is 4.17. The number of anilines is 2. The number of halogens is 2. The summed E-state index contributed by atoms with van der Waals surface area (Å²) in [6.07, 6.45) is 2.01. The van der Waals surface area contributed by atoms with Crippen molar-refractivity contribution in [3.8, 4) is 5.69 Å². The van der Waals surface area contributed by atoms with Crippen molar-refractivity contribution in [1.82, 2.24) is 9.55 Å². The van der Waals surface area contributed by atoms with Gasteiger partial charge in [-0.25, -0.2) is 4.98 Å². The molecule has 0 amide bonds. The van der Waals surface area contributed by atoms with Crippen molar-refractivity contribution in [2.45, 2.75) is 6.92 Å². The van der Waals surface area contributed by atoms with Gasteiger partial charge in [0.15, 0.2) is 0 Å². The molecule has 0 spiro atoms. The number of nitrogens with zero attached hydrogens (tertiary/aromatic N) is 2. The number of nitrogens with one attached hydrogen (secondary N) is 1. The Morgan fingerprint density at radius 2 is 1.90 bits per heavy atom. The predicted octanol–water partition coefficient (Wildman–Crippen LogP) is 5.18. The summed E-state index contributed by atoms with van der Waals surface area (Å²) < 4.78 is 3.10. The van der Waals surface area contributed by atoms with Crippen molar-refractivity contribution in [3.63, 3.8) is 0 Å². The van der Waals surface area contributed by atoms with Crippen LogP contribution < -0.4 is 5.32 Å². The molecular weight excluding hydrogens is 397 g/mol. The third-order valence-corrected chi connectivity index (χ3v) is 4.17. The van der Waals surface area contributed by atoms with Gasteiger partial charge in [-0.3, -0.25) is 4.57 Å². The molecule has 3 aromatic rings. The Balaban J connectivity index is 2.00. The molecule has 1 heterocycles. The van der Waals surface area contributed by atoms with E-state index in [1.54, 1.807) is 0 Å². The van der Waals surface area contributed by atoms with Crippen LogP contribution >= 0.6 is 34.2 Å². The quantitative estimate of drug-likeness (QED) is 0.604. The van der Waals surface area contributed by atoms with Gasteiger partial charge >= 0.3 is 0 Å². The van der Waals surface area contributed by atoms with Crippen molar-refractivity contribution in [2.24, 2.45) is 0 Å². The van der Waals surface area contributed by atoms with Gasteiger partial charge in [0.05, 0.1) is 11.4 Å². The Morgan fingerprint density at radius 3 is 2.62 bits per heavy atom. The maximum absolute atomic E-state index is 6.00. The predicted molar refractivity (Wildman–Crippen MR) is 95.8 cm³/mol. The molecule has 0 atom stereocenters. The number of rotatable bonds is 3. The Hall–Kier alpha value is -1.53. The summed E-state index contributed by atoms with van der Waals surface area (Å²) in [5.41, 5.74) is 3.03.